The molecule has 1 N–H and O–H groups in total. The largest absolute Gasteiger partial charge is 0.492 e. The summed E-state index contributed by atoms with van der Waals surface area (Å²) in [6.45, 7) is 6.58. The Kier molecular flexibility index (Phi) is 6.81. The molecular formula is C20H24FNO3. The molecule has 0 aliphatic rings. The fourth-order valence-electron chi connectivity index (χ4n) is 2.28. The molecule has 2 aromatic rings. The molecule has 1 atom stereocenters. The molecule has 0 radical (unpaired) electrons. The van der Waals surface area contributed by atoms with Crippen LogP contribution < -0.4 is 14.8 Å². The van der Waals surface area contributed by atoms with Gasteiger partial charge in [-0.05, 0) is 55.7 Å². The van der Waals surface area contributed by atoms with Crippen LogP contribution in [0.1, 0.15) is 24.5 Å². The molecule has 0 spiro atoms. The Labute approximate surface area is 148 Å². The predicted octanol–water partition coefficient (Wildman–Crippen LogP) is 3.80. The van der Waals surface area contributed by atoms with Crippen LogP contribution in [0.5, 0.6) is 11.5 Å². The van der Waals surface area contributed by atoms with E-state index in [1.807, 2.05) is 39.0 Å². The van der Waals surface area contributed by atoms with Crippen molar-refractivity contribution in [2.45, 2.75) is 33.3 Å². The van der Waals surface area contributed by atoms with Crippen LogP contribution in [0.4, 0.5) is 4.39 Å². The number of rotatable bonds is 8. The average Bonchev–Trinajstić information content (AvgIpc) is 2.60. The van der Waals surface area contributed by atoms with Crippen LogP contribution >= 0.6 is 0 Å². The van der Waals surface area contributed by atoms with Crippen molar-refractivity contribution in [3.63, 3.8) is 0 Å². The van der Waals surface area contributed by atoms with Gasteiger partial charge >= 0.3 is 0 Å². The van der Waals surface area contributed by atoms with Crippen LogP contribution in [0.3, 0.4) is 0 Å². The highest BCUT2D eigenvalue weighted by atomic mass is 19.1. The Morgan fingerprint density at radius 1 is 1.16 bits per heavy atom. The zero-order chi connectivity index (χ0) is 18.2. The number of nitrogens with one attached hydrogen (secondary N) is 1. The predicted molar refractivity (Wildman–Crippen MR) is 95.5 cm³/mol. The summed E-state index contributed by atoms with van der Waals surface area (Å²) in [4.78, 5) is 12.2. The number of hydrogen-bond donors (Lipinski definition) is 1. The van der Waals surface area contributed by atoms with Gasteiger partial charge in [-0.25, -0.2) is 4.39 Å². The van der Waals surface area contributed by atoms with Crippen LogP contribution in [0.15, 0.2) is 42.5 Å². The van der Waals surface area contributed by atoms with Crippen LogP contribution in [-0.2, 0) is 4.79 Å². The van der Waals surface area contributed by atoms with E-state index in [9.17, 15) is 9.18 Å². The molecule has 2 aromatic carbocycles. The van der Waals surface area contributed by atoms with Crippen molar-refractivity contribution in [2.75, 3.05) is 13.2 Å². The number of benzene rings is 2. The van der Waals surface area contributed by atoms with Gasteiger partial charge in [0.2, 0.25) is 0 Å². The lowest BCUT2D eigenvalue weighted by molar-refractivity contribution is -0.128. The maximum Gasteiger partial charge on any atom is 0.261 e. The summed E-state index contributed by atoms with van der Waals surface area (Å²) in [7, 11) is 0. The fraction of sp³-hybridized carbons (Fsp3) is 0.350. The first-order valence-electron chi connectivity index (χ1n) is 8.40. The first-order chi connectivity index (χ1) is 12.0. The highest BCUT2D eigenvalue weighted by molar-refractivity contribution is 5.81. The molecule has 1 amide bonds. The van der Waals surface area contributed by atoms with Crippen LogP contribution in [0, 0.1) is 19.7 Å². The van der Waals surface area contributed by atoms with E-state index >= 15 is 0 Å². The Morgan fingerprint density at radius 3 is 2.60 bits per heavy atom. The van der Waals surface area contributed by atoms with Gasteiger partial charge in [0.25, 0.3) is 5.91 Å². The van der Waals surface area contributed by atoms with Gasteiger partial charge in [-0.15, -0.1) is 0 Å². The minimum absolute atomic E-state index is 0.0795. The molecule has 0 bridgehead atoms. The van der Waals surface area contributed by atoms with Gasteiger partial charge in [0.15, 0.2) is 17.7 Å². The SMILES string of the molecule is CC[C@@H](Oc1ccccc1F)C(=O)NCCOc1ccc(C)c(C)c1. The van der Waals surface area contributed by atoms with E-state index in [4.69, 9.17) is 9.47 Å². The number of amides is 1. The molecule has 25 heavy (non-hydrogen) atoms. The third kappa shape index (κ3) is 5.48. The minimum atomic E-state index is -0.737. The lowest BCUT2D eigenvalue weighted by Gasteiger charge is -2.17. The average molecular weight is 345 g/mol. The maximum absolute atomic E-state index is 13.6. The normalized spacial score (nSPS) is 11.7. The quantitative estimate of drug-likeness (QED) is 0.741. The van der Waals surface area contributed by atoms with Crippen molar-refractivity contribution in [2.24, 2.45) is 0 Å². The van der Waals surface area contributed by atoms with Crippen LogP contribution in [0.25, 0.3) is 0 Å². The summed E-state index contributed by atoms with van der Waals surface area (Å²) < 4.78 is 24.7. The van der Waals surface area contributed by atoms with Crippen molar-refractivity contribution >= 4 is 5.91 Å². The molecule has 0 saturated carbocycles. The smallest absolute Gasteiger partial charge is 0.261 e. The molecule has 0 aromatic heterocycles. The number of carbonyl (C=O) groups is 1. The Balaban J connectivity index is 1.79. The zero-order valence-electron chi connectivity index (χ0n) is 14.8. The second-order valence-electron chi connectivity index (χ2n) is 5.83. The van der Waals surface area contributed by atoms with E-state index in [1.54, 1.807) is 12.1 Å². The van der Waals surface area contributed by atoms with Crippen molar-refractivity contribution < 1.29 is 18.7 Å². The van der Waals surface area contributed by atoms with E-state index in [0.717, 1.165) is 11.3 Å². The van der Waals surface area contributed by atoms with Crippen LogP contribution in [0.2, 0.25) is 0 Å². The lowest BCUT2D eigenvalue weighted by Crippen LogP contribution is -2.39. The van der Waals surface area contributed by atoms with Crippen molar-refractivity contribution in [3.8, 4) is 11.5 Å². The molecular weight excluding hydrogens is 321 g/mol. The molecule has 4 nitrogen and oxygen atoms in total. The zero-order valence-corrected chi connectivity index (χ0v) is 14.8. The maximum atomic E-state index is 13.6. The van der Waals surface area contributed by atoms with Gasteiger partial charge in [-0.1, -0.05) is 25.1 Å². The van der Waals surface area contributed by atoms with E-state index in [1.165, 1.54) is 17.7 Å². The number of para-hydroxylation sites is 1. The van der Waals surface area contributed by atoms with Gasteiger partial charge < -0.3 is 14.8 Å². The second kappa shape index (κ2) is 9.06. The van der Waals surface area contributed by atoms with Gasteiger partial charge in [-0.3, -0.25) is 4.79 Å². The lowest BCUT2D eigenvalue weighted by atomic mass is 10.1. The molecule has 0 aliphatic carbocycles. The van der Waals surface area contributed by atoms with E-state index in [-0.39, 0.29) is 11.7 Å². The van der Waals surface area contributed by atoms with E-state index in [2.05, 4.69) is 5.32 Å². The Bertz CT molecular complexity index is 718. The molecule has 0 aliphatic heterocycles. The summed E-state index contributed by atoms with van der Waals surface area (Å²) in [5, 5.41) is 2.76. The summed E-state index contributed by atoms with van der Waals surface area (Å²) in [6.07, 6.45) is -0.295. The fourth-order valence-corrected chi connectivity index (χ4v) is 2.28. The molecule has 0 unspecified atom stereocenters. The van der Waals surface area contributed by atoms with Gasteiger partial charge in [0.05, 0.1) is 6.54 Å². The first kappa shape index (κ1) is 18.8. The summed E-state index contributed by atoms with van der Waals surface area (Å²) in [6, 6.07) is 11.9. The third-order valence-electron chi connectivity index (χ3n) is 3.92. The van der Waals surface area contributed by atoms with E-state index in [0.29, 0.717) is 19.6 Å². The molecule has 2 rings (SSSR count). The number of hydrogen-bond acceptors (Lipinski definition) is 3. The van der Waals surface area contributed by atoms with Gasteiger partial charge in [0.1, 0.15) is 12.4 Å². The molecule has 0 heterocycles. The highest BCUT2D eigenvalue weighted by Crippen LogP contribution is 2.18. The number of carbonyl (C=O) groups excluding carboxylic acids is 1. The van der Waals surface area contributed by atoms with Gasteiger partial charge in [-0.2, -0.15) is 0 Å². The van der Waals surface area contributed by atoms with Crippen LogP contribution in [-0.4, -0.2) is 25.2 Å². The summed E-state index contributed by atoms with van der Waals surface area (Å²) in [5.74, 6) is 0.0872. The Hall–Kier alpha value is -2.56. The second-order valence-corrected chi connectivity index (χ2v) is 5.83. The number of ether oxygens (including phenoxy) is 2. The number of halogens is 1. The van der Waals surface area contributed by atoms with Crippen molar-refractivity contribution in [1.29, 1.82) is 0 Å². The monoisotopic (exact) mass is 345 g/mol. The first-order valence-corrected chi connectivity index (χ1v) is 8.40. The summed E-state index contributed by atoms with van der Waals surface area (Å²) in [5.41, 5.74) is 2.36. The van der Waals surface area contributed by atoms with Crippen molar-refractivity contribution in [3.05, 3.63) is 59.4 Å². The van der Waals surface area contributed by atoms with Gasteiger partial charge in [0, 0.05) is 0 Å². The van der Waals surface area contributed by atoms with Crippen molar-refractivity contribution in [1.82, 2.24) is 5.32 Å². The minimum Gasteiger partial charge on any atom is -0.492 e. The standard InChI is InChI=1S/C20H24FNO3/c1-4-18(25-19-8-6-5-7-17(19)21)20(23)22-11-12-24-16-10-9-14(2)15(3)13-16/h5-10,13,18H,4,11-12H2,1-3H3,(H,22,23)/t18-/m1/s1. The molecule has 134 valence electrons. The highest BCUT2D eigenvalue weighted by Gasteiger charge is 2.19. The Morgan fingerprint density at radius 2 is 1.92 bits per heavy atom. The molecule has 0 saturated heterocycles. The number of aryl methyl sites for hydroxylation is 2. The molecule has 0 fully saturated rings. The third-order valence-corrected chi connectivity index (χ3v) is 3.92. The topological polar surface area (TPSA) is 47.6 Å². The van der Waals surface area contributed by atoms with E-state index < -0.39 is 11.9 Å². The molecule has 5 heteroatoms. The summed E-state index contributed by atoms with van der Waals surface area (Å²) >= 11 is 0.